The van der Waals surface area contributed by atoms with E-state index in [2.05, 4.69) is 43.9 Å². The first-order chi connectivity index (χ1) is 9.42. The Morgan fingerprint density at radius 1 is 1.35 bits per heavy atom. The number of nitrogens with two attached hydrogens (primary N) is 1. The Labute approximate surface area is 140 Å². The Kier molecular flexibility index (Phi) is 5.29. The number of hydrogen-bond acceptors (Lipinski definition) is 2. The Hall–Kier alpha value is -0.360. The zero-order valence-corrected chi connectivity index (χ0v) is 15.3. The van der Waals surface area contributed by atoms with Crippen LogP contribution >= 0.6 is 43.5 Å². The lowest BCUT2D eigenvalue weighted by Gasteiger charge is -2.14. The molecule has 1 heterocycles. The van der Waals surface area contributed by atoms with Crippen molar-refractivity contribution >= 4 is 43.5 Å². The average Bonchev–Trinajstić information content (AvgIpc) is 2.65. The number of nitrogens with zero attached hydrogens (tertiary/aromatic N) is 2. The van der Waals surface area contributed by atoms with E-state index in [1.54, 1.807) is 0 Å². The van der Waals surface area contributed by atoms with Gasteiger partial charge in [-0.05, 0) is 53.5 Å². The summed E-state index contributed by atoms with van der Waals surface area (Å²) in [4.78, 5) is 0. The fraction of sp³-hybridized carbons (Fsp3) is 0.357. The van der Waals surface area contributed by atoms with Crippen molar-refractivity contribution in [2.24, 2.45) is 5.73 Å². The van der Waals surface area contributed by atoms with Crippen LogP contribution in [0.25, 0.3) is 0 Å². The standard InChI is InChI=1S/C14H16Br2ClN3/c1-3-20-13(14(16)8(2)19-20)7-12(18)9-4-10(15)6-11(17)5-9/h4-6,12H,3,7,18H2,1-2H3. The van der Waals surface area contributed by atoms with Gasteiger partial charge in [0.15, 0.2) is 0 Å². The lowest BCUT2D eigenvalue weighted by atomic mass is 10.0. The largest absolute Gasteiger partial charge is 0.324 e. The molecule has 6 heteroatoms. The lowest BCUT2D eigenvalue weighted by Crippen LogP contribution is -2.16. The van der Waals surface area contributed by atoms with Crippen LogP contribution in [-0.4, -0.2) is 9.78 Å². The van der Waals surface area contributed by atoms with Crippen LogP contribution in [0, 0.1) is 6.92 Å². The van der Waals surface area contributed by atoms with E-state index >= 15 is 0 Å². The predicted molar refractivity (Wildman–Crippen MR) is 90.1 cm³/mol. The van der Waals surface area contributed by atoms with E-state index in [0.29, 0.717) is 11.4 Å². The first-order valence-electron chi connectivity index (χ1n) is 6.35. The van der Waals surface area contributed by atoms with Crippen molar-refractivity contribution in [3.8, 4) is 0 Å². The molecule has 0 saturated heterocycles. The van der Waals surface area contributed by atoms with Gasteiger partial charge in [-0.1, -0.05) is 27.5 Å². The van der Waals surface area contributed by atoms with E-state index in [-0.39, 0.29) is 6.04 Å². The summed E-state index contributed by atoms with van der Waals surface area (Å²) in [7, 11) is 0. The molecule has 0 saturated carbocycles. The van der Waals surface area contributed by atoms with Crippen LogP contribution in [0.15, 0.2) is 27.1 Å². The van der Waals surface area contributed by atoms with Gasteiger partial charge >= 0.3 is 0 Å². The lowest BCUT2D eigenvalue weighted by molar-refractivity contribution is 0.586. The third-order valence-electron chi connectivity index (χ3n) is 3.18. The fourth-order valence-electron chi connectivity index (χ4n) is 2.18. The van der Waals surface area contributed by atoms with Crippen molar-refractivity contribution in [2.75, 3.05) is 0 Å². The molecule has 108 valence electrons. The van der Waals surface area contributed by atoms with Crippen LogP contribution in [0.3, 0.4) is 0 Å². The average molecular weight is 422 g/mol. The summed E-state index contributed by atoms with van der Waals surface area (Å²) in [6.45, 7) is 4.89. The van der Waals surface area contributed by atoms with E-state index in [1.165, 1.54) is 0 Å². The first kappa shape index (κ1) is 16.0. The van der Waals surface area contributed by atoms with Gasteiger partial charge in [-0.15, -0.1) is 0 Å². The van der Waals surface area contributed by atoms with Crippen molar-refractivity contribution < 1.29 is 0 Å². The number of aromatic nitrogens is 2. The zero-order chi connectivity index (χ0) is 14.9. The van der Waals surface area contributed by atoms with E-state index in [4.69, 9.17) is 17.3 Å². The third kappa shape index (κ3) is 3.45. The van der Waals surface area contributed by atoms with Gasteiger partial charge < -0.3 is 5.73 Å². The number of halogens is 3. The van der Waals surface area contributed by atoms with Gasteiger partial charge in [0.1, 0.15) is 0 Å². The van der Waals surface area contributed by atoms with Gasteiger partial charge in [-0.2, -0.15) is 5.10 Å². The Morgan fingerprint density at radius 2 is 2.05 bits per heavy atom. The van der Waals surface area contributed by atoms with E-state index in [0.717, 1.165) is 32.4 Å². The summed E-state index contributed by atoms with van der Waals surface area (Å²) in [6, 6.07) is 5.64. The van der Waals surface area contributed by atoms with Crippen molar-refractivity contribution in [1.82, 2.24) is 9.78 Å². The molecule has 2 rings (SSSR count). The molecule has 0 spiro atoms. The molecular weight excluding hydrogens is 405 g/mol. The van der Waals surface area contributed by atoms with Crippen molar-refractivity contribution in [2.45, 2.75) is 32.9 Å². The number of benzene rings is 1. The van der Waals surface area contributed by atoms with Crippen LogP contribution in [0.5, 0.6) is 0 Å². The Balaban J connectivity index is 2.29. The van der Waals surface area contributed by atoms with Gasteiger partial charge in [0.25, 0.3) is 0 Å². The molecule has 1 aromatic heterocycles. The van der Waals surface area contributed by atoms with Gasteiger partial charge in [0.05, 0.1) is 15.9 Å². The minimum atomic E-state index is -0.123. The predicted octanol–water partition coefficient (Wildman–Crippen LogP) is 4.63. The molecule has 2 aromatic rings. The zero-order valence-electron chi connectivity index (χ0n) is 11.3. The molecule has 0 amide bonds. The number of aryl methyl sites for hydroxylation is 2. The molecule has 0 aliphatic carbocycles. The SMILES string of the molecule is CCn1nc(C)c(Br)c1CC(N)c1cc(Cl)cc(Br)c1. The quantitative estimate of drug-likeness (QED) is 0.782. The highest BCUT2D eigenvalue weighted by Gasteiger charge is 2.17. The summed E-state index contributed by atoms with van der Waals surface area (Å²) in [5, 5.41) is 5.17. The molecule has 0 radical (unpaired) electrons. The monoisotopic (exact) mass is 419 g/mol. The molecule has 0 aliphatic rings. The highest BCUT2D eigenvalue weighted by molar-refractivity contribution is 9.10. The van der Waals surface area contributed by atoms with E-state index in [9.17, 15) is 0 Å². The van der Waals surface area contributed by atoms with Crippen molar-refractivity contribution in [3.63, 3.8) is 0 Å². The van der Waals surface area contributed by atoms with Crippen LogP contribution in [-0.2, 0) is 13.0 Å². The minimum absolute atomic E-state index is 0.123. The van der Waals surface area contributed by atoms with Gasteiger partial charge in [0, 0.05) is 28.5 Å². The van der Waals surface area contributed by atoms with Crippen LogP contribution < -0.4 is 5.73 Å². The summed E-state index contributed by atoms with van der Waals surface area (Å²) >= 11 is 13.1. The molecule has 1 aromatic carbocycles. The Morgan fingerprint density at radius 3 is 2.65 bits per heavy atom. The molecule has 0 bridgehead atoms. The third-order valence-corrected chi connectivity index (χ3v) is 4.89. The molecule has 0 aliphatic heterocycles. The second-order valence-electron chi connectivity index (χ2n) is 4.68. The summed E-state index contributed by atoms with van der Waals surface area (Å²) in [5.41, 5.74) is 9.44. The molecule has 20 heavy (non-hydrogen) atoms. The second-order valence-corrected chi connectivity index (χ2v) is 6.82. The van der Waals surface area contributed by atoms with Crippen LogP contribution in [0.4, 0.5) is 0 Å². The fourth-order valence-corrected chi connectivity index (χ4v) is 3.51. The van der Waals surface area contributed by atoms with Crippen LogP contribution in [0.2, 0.25) is 5.02 Å². The summed E-state index contributed by atoms with van der Waals surface area (Å²) in [5.74, 6) is 0. The van der Waals surface area contributed by atoms with E-state index < -0.39 is 0 Å². The maximum absolute atomic E-state index is 6.33. The minimum Gasteiger partial charge on any atom is -0.324 e. The van der Waals surface area contributed by atoms with E-state index in [1.807, 2.05) is 29.8 Å². The highest BCUT2D eigenvalue weighted by Crippen LogP contribution is 2.28. The molecular formula is C14H16Br2ClN3. The van der Waals surface area contributed by atoms with Gasteiger partial charge in [-0.3, -0.25) is 4.68 Å². The number of hydrogen-bond donors (Lipinski definition) is 1. The maximum Gasteiger partial charge on any atom is 0.0738 e. The normalized spacial score (nSPS) is 12.7. The van der Waals surface area contributed by atoms with Gasteiger partial charge in [0.2, 0.25) is 0 Å². The summed E-state index contributed by atoms with van der Waals surface area (Å²) in [6.07, 6.45) is 0.710. The molecule has 1 atom stereocenters. The van der Waals surface area contributed by atoms with Crippen molar-refractivity contribution in [3.05, 3.63) is 49.1 Å². The topological polar surface area (TPSA) is 43.8 Å². The summed E-state index contributed by atoms with van der Waals surface area (Å²) < 4.78 is 3.96. The second kappa shape index (κ2) is 6.60. The van der Waals surface area contributed by atoms with Gasteiger partial charge in [-0.25, -0.2) is 0 Å². The highest BCUT2D eigenvalue weighted by atomic mass is 79.9. The number of rotatable bonds is 4. The molecule has 3 nitrogen and oxygen atoms in total. The van der Waals surface area contributed by atoms with Crippen LogP contribution in [0.1, 0.15) is 29.9 Å². The molecule has 1 unspecified atom stereocenters. The first-order valence-corrected chi connectivity index (χ1v) is 8.32. The Bertz CT molecular complexity index is 605. The smallest absolute Gasteiger partial charge is 0.0738 e. The molecule has 0 fully saturated rings. The maximum atomic E-state index is 6.33. The molecule has 2 N–H and O–H groups in total. The van der Waals surface area contributed by atoms with Crippen molar-refractivity contribution in [1.29, 1.82) is 0 Å².